The molecule has 0 aliphatic carbocycles. The SMILES string of the molecule is CCOC(=O)c1ccc2c(c1)nc(SC[C@H]1N=C(c3cccc(C(F)(F)F)c3)O[C@@H]1C)n2CCc1ccc(OC)cc1. The first-order chi connectivity index (χ1) is 20.2. The molecule has 11 heteroatoms. The number of carbonyl (C=O) groups excluding carboxylic acids is 1. The molecule has 0 amide bonds. The van der Waals surface area contributed by atoms with Crippen molar-refractivity contribution in [2.24, 2.45) is 4.99 Å². The van der Waals surface area contributed by atoms with Crippen LogP contribution in [-0.2, 0) is 28.6 Å². The van der Waals surface area contributed by atoms with Gasteiger partial charge < -0.3 is 18.8 Å². The van der Waals surface area contributed by atoms with Crippen molar-refractivity contribution in [1.29, 1.82) is 0 Å². The molecule has 0 saturated carbocycles. The summed E-state index contributed by atoms with van der Waals surface area (Å²) >= 11 is 1.49. The van der Waals surface area contributed by atoms with E-state index in [4.69, 9.17) is 19.2 Å². The highest BCUT2D eigenvalue weighted by atomic mass is 32.2. The first-order valence-corrected chi connectivity index (χ1v) is 14.5. The second-order valence-corrected chi connectivity index (χ2v) is 10.8. The number of methoxy groups -OCH3 is 1. The van der Waals surface area contributed by atoms with Gasteiger partial charge in [0.25, 0.3) is 0 Å². The molecule has 1 aliphatic heterocycles. The van der Waals surface area contributed by atoms with Crippen molar-refractivity contribution >= 4 is 34.7 Å². The number of ether oxygens (including phenoxy) is 3. The maximum atomic E-state index is 13.2. The van der Waals surface area contributed by atoms with E-state index in [9.17, 15) is 18.0 Å². The fourth-order valence-corrected chi connectivity index (χ4v) is 5.83. The van der Waals surface area contributed by atoms with Crippen molar-refractivity contribution in [3.05, 3.63) is 89.0 Å². The summed E-state index contributed by atoms with van der Waals surface area (Å²) in [4.78, 5) is 21.8. The Labute approximate surface area is 245 Å². The van der Waals surface area contributed by atoms with Gasteiger partial charge >= 0.3 is 12.1 Å². The third-order valence-corrected chi connectivity index (χ3v) is 8.03. The number of esters is 1. The zero-order chi connectivity index (χ0) is 29.9. The molecule has 0 unspecified atom stereocenters. The van der Waals surface area contributed by atoms with Crippen LogP contribution in [0, 0.1) is 0 Å². The third-order valence-electron chi connectivity index (χ3n) is 6.95. The predicted molar refractivity (Wildman–Crippen MR) is 155 cm³/mol. The molecule has 5 rings (SSSR count). The van der Waals surface area contributed by atoms with E-state index in [1.54, 1.807) is 32.2 Å². The number of aryl methyl sites for hydroxylation is 2. The zero-order valence-electron chi connectivity index (χ0n) is 23.4. The second-order valence-electron chi connectivity index (χ2n) is 9.78. The van der Waals surface area contributed by atoms with Crippen molar-refractivity contribution in [1.82, 2.24) is 9.55 Å². The third kappa shape index (κ3) is 6.56. The van der Waals surface area contributed by atoms with Gasteiger partial charge in [-0.1, -0.05) is 30.0 Å². The Morgan fingerprint density at radius 2 is 1.88 bits per heavy atom. The average Bonchev–Trinajstić information content (AvgIpc) is 3.53. The van der Waals surface area contributed by atoms with E-state index in [1.807, 2.05) is 37.3 Å². The minimum absolute atomic E-state index is 0.200. The Bertz CT molecular complexity index is 1600. The summed E-state index contributed by atoms with van der Waals surface area (Å²) in [5, 5.41) is 0.745. The van der Waals surface area contributed by atoms with Crippen molar-refractivity contribution in [2.75, 3.05) is 19.5 Å². The molecular formula is C31H30F3N3O4S. The summed E-state index contributed by atoms with van der Waals surface area (Å²) < 4.78 is 58.1. The second kappa shape index (κ2) is 12.5. The van der Waals surface area contributed by atoms with Gasteiger partial charge in [0, 0.05) is 17.9 Å². The topological polar surface area (TPSA) is 74.9 Å². The fraction of sp³-hybridized carbons (Fsp3) is 0.323. The Morgan fingerprint density at radius 3 is 2.60 bits per heavy atom. The number of hydrogen-bond donors (Lipinski definition) is 0. The van der Waals surface area contributed by atoms with Crippen LogP contribution in [0.1, 0.15) is 40.9 Å². The number of thioether (sulfide) groups is 1. The van der Waals surface area contributed by atoms with Gasteiger partial charge in [0.1, 0.15) is 11.9 Å². The molecular weight excluding hydrogens is 567 g/mol. The Balaban J connectivity index is 1.39. The minimum Gasteiger partial charge on any atom is -0.497 e. The number of rotatable bonds is 10. The van der Waals surface area contributed by atoms with Crippen LogP contribution in [0.5, 0.6) is 5.75 Å². The van der Waals surface area contributed by atoms with Crippen molar-refractivity contribution in [2.45, 2.75) is 50.3 Å². The van der Waals surface area contributed by atoms with E-state index in [-0.39, 0.29) is 24.7 Å². The lowest BCUT2D eigenvalue weighted by molar-refractivity contribution is -0.137. The number of aromatic nitrogens is 2. The number of alkyl halides is 3. The summed E-state index contributed by atoms with van der Waals surface area (Å²) in [7, 11) is 1.63. The molecule has 1 aromatic heterocycles. The van der Waals surface area contributed by atoms with Gasteiger partial charge in [-0.25, -0.2) is 14.8 Å². The van der Waals surface area contributed by atoms with E-state index in [0.717, 1.165) is 40.5 Å². The number of fused-ring (bicyclic) bond motifs is 1. The van der Waals surface area contributed by atoms with E-state index < -0.39 is 17.7 Å². The number of nitrogens with zero attached hydrogens (tertiary/aromatic N) is 3. The normalized spacial score (nSPS) is 16.8. The van der Waals surface area contributed by atoms with Crippen LogP contribution in [-0.4, -0.2) is 53.0 Å². The largest absolute Gasteiger partial charge is 0.497 e. The molecule has 4 aromatic rings. The Morgan fingerprint density at radius 1 is 1.10 bits per heavy atom. The quantitative estimate of drug-likeness (QED) is 0.148. The number of halogens is 3. The van der Waals surface area contributed by atoms with Crippen LogP contribution in [0.25, 0.3) is 11.0 Å². The minimum atomic E-state index is -4.45. The summed E-state index contributed by atoms with van der Waals surface area (Å²) in [5.74, 6) is 1.08. The van der Waals surface area contributed by atoms with E-state index in [1.165, 1.54) is 17.8 Å². The summed E-state index contributed by atoms with van der Waals surface area (Å²) in [6.07, 6.45) is -4.04. The zero-order valence-corrected chi connectivity index (χ0v) is 24.2. The van der Waals surface area contributed by atoms with Crippen LogP contribution in [0.2, 0.25) is 0 Å². The Kier molecular flexibility index (Phi) is 8.77. The van der Waals surface area contributed by atoms with Crippen LogP contribution < -0.4 is 4.74 Å². The van der Waals surface area contributed by atoms with E-state index >= 15 is 0 Å². The number of imidazole rings is 1. The average molecular weight is 598 g/mol. The highest BCUT2D eigenvalue weighted by molar-refractivity contribution is 7.99. The van der Waals surface area contributed by atoms with Gasteiger partial charge in [-0.2, -0.15) is 13.2 Å². The Hall–Kier alpha value is -3.99. The van der Waals surface area contributed by atoms with Crippen molar-refractivity contribution < 1.29 is 32.2 Å². The highest BCUT2D eigenvalue weighted by Crippen LogP contribution is 2.32. The first kappa shape index (κ1) is 29.5. The summed E-state index contributed by atoms with van der Waals surface area (Å²) in [5.41, 5.74) is 2.65. The lowest BCUT2D eigenvalue weighted by Gasteiger charge is -2.13. The molecule has 1 aliphatic rings. The molecule has 42 heavy (non-hydrogen) atoms. The summed E-state index contributed by atoms with van der Waals surface area (Å²) in [6, 6.07) is 17.9. The van der Waals surface area contributed by atoms with Crippen LogP contribution in [0.4, 0.5) is 13.2 Å². The molecule has 220 valence electrons. The van der Waals surface area contributed by atoms with Crippen molar-refractivity contribution in [3.63, 3.8) is 0 Å². The van der Waals surface area contributed by atoms with Gasteiger partial charge in [0.2, 0.25) is 5.90 Å². The molecule has 0 fully saturated rings. The number of aliphatic imine (C=N–C) groups is 1. The fourth-order valence-electron chi connectivity index (χ4n) is 4.65. The molecule has 7 nitrogen and oxygen atoms in total. The predicted octanol–water partition coefficient (Wildman–Crippen LogP) is 6.81. The number of benzene rings is 3. The molecule has 2 heterocycles. The lowest BCUT2D eigenvalue weighted by atomic mass is 10.1. The standard InChI is InChI=1S/C31H30F3N3O4S/c1-4-40-29(38)22-10-13-27-25(17-22)36-30(37(27)15-14-20-8-11-24(39-3)12-9-20)42-18-26-19(2)41-28(35-26)21-6-5-7-23(16-21)31(32,33)34/h5-13,16-17,19,26H,4,14-15,18H2,1-3H3/t19-,26-/m1/s1. The first-order valence-electron chi connectivity index (χ1n) is 13.5. The maximum absolute atomic E-state index is 13.2. The van der Waals surface area contributed by atoms with Gasteiger partial charge in [0.15, 0.2) is 5.16 Å². The smallest absolute Gasteiger partial charge is 0.416 e. The van der Waals surface area contributed by atoms with Gasteiger partial charge in [-0.05, 0) is 74.4 Å². The van der Waals surface area contributed by atoms with Gasteiger partial charge in [-0.15, -0.1) is 0 Å². The van der Waals surface area contributed by atoms with Crippen LogP contribution >= 0.6 is 11.8 Å². The molecule has 2 atom stereocenters. The molecule has 0 bridgehead atoms. The van der Waals surface area contributed by atoms with Gasteiger partial charge in [0.05, 0.1) is 41.9 Å². The lowest BCUT2D eigenvalue weighted by Crippen LogP contribution is -2.21. The molecule has 0 N–H and O–H groups in total. The van der Waals surface area contributed by atoms with Gasteiger partial charge in [-0.3, -0.25) is 0 Å². The molecule has 3 aromatic carbocycles. The van der Waals surface area contributed by atoms with E-state index in [0.29, 0.717) is 28.9 Å². The van der Waals surface area contributed by atoms with Crippen molar-refractivity contribution in [3.8, 4) is 5.75 Å². The number of hydrogen-bond acceptors (Lipinski definition) is 7. The molecule has 0 saturated heterocycles. The summed E-state index contributed by atoms with van der Waals surface area (Å²) in [6.45, 7) is 4.53. The molecule has 0 radical (unpaired) electrons. The number of carbonyl (C=O) groups is 1. The van der Waals surface area contributed by atoms with Crippen LogP contribution in [0.15, 0.2) is 76.9 Å². The molecule has 0 spiro atoms. The van der Waals surface area contributed by atoms with Crippen LogP contribution in [0.3, 0.4) is 0 Å². The monoisotopic (exact) mass is 597 g/mol. The van der Waals surface area contributed by atoms with E-state index in [2.05, 4.69) is 9.56 Å². The maximum Gasteiger partial charge on any atom is 0.416 e. The highest BCUT2D eigenvalue weighted by Gasteiger charge is 2.33.